The second-order valence-electron chi connectivity index (χ2n) is 18.7. The summed E-state index contributed by atoms with van der Waals surface area (Å²) in [6, 6.07) is 81.1. The number of para-hydroxylation sites is 2. The van der Waals surface area contributed by atoms with Gasteiger partial charge in [-0.2, -0.15) is 0 Å². The van der Waals surface area contributed by atoms with Crippen LogP contribution in [0.3, 0.4) is 0 Å². The molecule has 15 rings (SSSR count). The predicted molar refractivity (Wildman–Crippen MR) is 290 cm³/mol. The number of hydrogen-bond donors (Lipinski definition) is 1. The van der Waals surface area contributed by atoms with Crippen LogP contribution in [0.4, 0.5) is 0 Å². The Labute approximate surface area is 403 Å². The average molecular weight is 892 g/mol. The molecule has 70 heavy (non-hydrogen) atoms. The van der Waals surface area contributed by atoms with Crippen LogP contribution in [-0.2, 0) is 6.42 Å². The van der Waals surface area contributed by atoms with E-state index in [4.69, 9.17) is 15.0 Å². The van der Waals surface area contributed by atoms with Crippen molar-refractivity contribution in [3.05, 3.63) is 241 Å². The lowest BCUT2D eigenvalue weighted by atomic mass is 9.75. The lowest BCUT2D eigenvalue weighted by Gasteiger charge is -2.29. The minimum atomic E-state index is 0.145. The van der Waals surface area contributed by atoms with E-state index in [0.29, 0.717) is 17.5 Å². The minimum Gasteiger partial charge on any atom is -0.353 e. The van der Waals surface area contributed by atoms with E-state index in [1.807, 2.05) is 18.2 Å². The van der Waals surface area contributed by atoms with E-state index in [9.17, 15) is 0 Å². The molecule has 1 unspecified atom stereocenters. The summed E-state index contributed by atoms with van der Waals surface area (Å²) in [6.07, 6.45) is 0.906. The molecule has 0 spiro atoms. The zero-order valence-corrected chi connectivity index (χ0v) is 37.9. The van der Waals surface area contributed by atoms with E-state index in [0.717, 1.165) is 28.8 Å². The van der Waals surface area contributed by atoms with Crippen molar-refractivity contribution in [1.29, 1.82) is 0 Å². The van der Waals surface area contributed by atoms with Gasteiger partial charge in [0.15, 0.2) is 17.5 Å². The molecule has 0 saturated carbocycles. The third-order valence-electron chi connectivity index (χ3n) is 15.0. The smallest absolute Gasteiger partial charge is 0.164 e. The highest BCUT2D eigenvalue weighted by Crippen LogP contribution is 2.49. The summed E-state index contributed by atoms with van der Waals surface area (Å²) >= 11 is 0. The van der Waals surface area contributed by atoms with Crippen LogP contribution < -0.4 is 0 Å². The normalized spacial score (nSPS) is 13.5. The first kappa shape index (κ1) is 38.9. The second kappa shape index (κ2) is 15.2. The molecule has 1 aliphatic carbocycles. The monoisotopic (exact) mass is 891 g/mol. The Balaban J connectivity index is 0.864. The van der Waals surface area contributed by atoms with Crippen molar-refractivity contribution in [1.82, 2.24) is 24.5 Å². The first-order valence-corrected chi connectivity index (χ1v) is 24.1. The maximum Gasteiger partial charge on any atom is 0.164 e. The first-order valence-electron chi connectivity index (χ1n) is 24.1. The first-order chi connectivity index (χ1) is 34.7. The number of H-pyrrole nitrogens is 1. The van der Waals surface area contributed by atoms with Crippen molar-refractivity contribution in [3.8, 4) is 51.0 Å². The number of rotatable bonds is 5. The Hall–Kier alpha value is -9.19. The van der Waals surface area contributed by atoms with Crippen molar-refractivity contribution in [2.45, 2.75) is 12.3 Å². The number of aromatic amines is 1. The highest BCUT2D eigenvalue weighted by molar-refractivity contribution is 6.27. The van der Waals surface area contributed by atoms with Gasteiger partial charge in [-0.15, -0.1) is 0 Å². The van der Waals surface area contributed by atoms with Crippen LogP contribution in [0.1, 0.15) is 22.6 Å². The number of hydrogen-bond acceptors (Lipinski definition) is 3. The lowest BCUT2D eigenvalue weighted by molar-refractivity contribution is 0.795. The van der Waals surface area contributed by atoms with E-state index >= 15 is 0 Å². The van der Waals surface area contributed by atoms with Crippen LogP contribution >= 0.6 is 0 Å². The van der Waals surface area contributed by atoms with E-state index < -0.39 is 0 Å². The Kier molecular flexibility index (Phi) is 8.42. The van der Waals surface area contributed by atoms with Crippen molar-refractivity contribution < 1.29 is 0 Å². The van der Waals surface area contributed by atoms with Crippen LogP contribution in [0.2, 0.25) is 0 Å². The van der Waals surface area contributed by atoms with Crippen molar-refractivity contribution in [3.63, 3.8) is 0 Å². The number of nitrogens with one attached hydrogen (secondary N) is 1. The molecule has 5 nitrogen and oxygen atoms in total. The zero-order chi connectivity index (χ0) is 45.9. The topological polar surface area (TPSA) is 59.4 Å². The Morgan fingerprint density at radius 1 is 0.386 bits per heavy atom. The molecule has 1 aliphatic rings. The summed E-state index contributed by atoms with van der Waals surface area (Å²) in [4.78, 5) is 19.6. The predicted octanol–water partition coefficient (Wildman–Crippen LogP) is 16.4. The Morgan fingerprint density at radius 2 is 0.914 bits per heavy atom. The third kappa shape index (κ3) is 5.82. The van der Waals surface area contributed by atoms with Crippen LogP contribution in [0.15, 0.2) is 224 Å². The Morgan fingerprint density at radius 3 is 1.64 bits per heavy atom. The highest BCUT2D eigenvalue weighted by Gasteiger charge is 2.29. The average Bonchev–Trinajstić information content (AvgIpc) is 3.99. The highest BCUT2D eigenvalue weighted by atomic mass is 15.0. The fraction of sp³-hybridized carbons (Fsp3) is 0.0308. The quantitative estimate of drug-likeness (QED) is 0.175. The molecule has 0 aliphatic heterocycles. The van der Waals surface area contributed by atoms with Crippen molar-refractivity contribution >= 4 is 75.9 Å². The maximum atomic E-state index is 5.24. The SMILES string of the molecule is c1ccc(-c2nc(-c3ccc(C4Cc5ccccc5-c5c4ccc4c5[nH]c5c4ccc4c5c5ccccc5n4-c4ccccc4)cc3)nc(-c3ccc4c5ccccc5c5ccccc5c4c3)n2)cc1. The maximum absolute atomic E-state index is 5.24. The van der Waals surface area contributed by atoms with Gasteiger partial charge in [-0.25, -0.2) is 15.0 Å². The number of benzene rings is 11. The molecule has 14 aromatic rings. The minimum absolute atomic E-state index is 0.145. The summed E-state index contributed by atoms with van der Waals surface area (Å²) in [7, 11) is 0. The fourth-order valence-corrected chi connectivity index (χ4v) is 11.8. The van der Waals surface area contributed by atoms with Gasteiger partial charge in [0.05, 0.1) is 22.1 Å². The lowest BCUT2D eigenvalue weighted by Crippen LogP contribution is -2.13. The molecule has 0 radical (unpaired) electrons. The number of fused-ring (bicyclic) bond motifs is 17. The van der Waals surface area contributed by atoms with Gasteiger partial charge in [-0.05, 0) is 91.3 Å². The van der Waals surface area contributed by atoms with Gasteiger partial charge in [0.2, 0.25) is 0 Å². The number of nitrogens with zero attached hydrogens (tertiary/aromatic N) is 4. The zero-order valence-electron chi connectivity index (χ0n) is 37.9. The largest absolute Gasteiger partial charge is 0.353 e. The Bertz CT molecular complexity index is 4400. The van der Waals surface area contributed by atoms with Crippen molar-refractivity contribution in [2.75, 3.05) is 0 Å². The van der Waals surface area contributed by atoms with Gasteiger partial charge in [-0.3, -0.25) is 0 Å². The third-order valence-corrected chi connectivity index (χ3v) is 15.0. The van der Waals surface area contributed by atoms with Crippen LogP contribution in [0.5, 0.6) is 0 Å². The van der Waals surface area contributed by atoms with Gasteiger partial charge in [0.1, 0.15) is 0 Å². The molecular formula is C65H41N5. The molecule has 326 valence electrons. The van der Waals surface area contributed by atoms with Crippen molar-refractivity contribution in [2.24, 2.45) is 0 Å². The molecule has 3 aromatic heterocycles. The van der Waals surface area contributed by atoms with Crippen LogP contribution in [0.25, 0.3) is 127 Å². The van der Waals surface area contributed by atoms with Gasteiger partial charge in [-0.1, -0.05) is 194 Å². The van der Waals surface area contributed by atoms with Gasteiger partial charge in [0.25, 0.3) is 0 Å². The molecule has 0 saturated heterocycles. The van der Waals surface area contributed by atoms with Crippen LogP contribution in [0, 0.1) is 0 Å². The van der Waals surface area contributed by atoms with E-state index in [-0.39, 0.29) is 5.92 Å². The number of aromatic nitrogens is 5. The van der Waals surface area contributed by atoms with Crippen LogP contribution in [-0.4, -0.2) is 24.5 Å². The molecule has 1 N–H and O–H groups in total. The van der Waals surface area contributed by atoms with E-state index in [1.165, 1.54) is 104 Å². The molecule has 11 aromatic carbocycles. The summed E-state index contributed by atoms with van der Waals surface area (Å²) < 4.78 is 2.40. The van der Waals surface area contributed by atoms with E-state index in [1.54, 1.807) is 0 Å². The van der Waals surface area contributed by atoms with Gasteiger partial charge in [0, 0.05) is 55.4 Å². The van der Waals surface area contributed by atoms with E-state index in [2.05, 4.69) is 216 Å². The fourth-order valence-electron chi connectivity index (χ4n) is 11.8. The summed E-state index contributed by atoms with van der Waals surface area (Å²) in [5, 5.41) is 12.3. The summed E-state index contributed by atoms with van der Waals surface area (Å²) in [5.74, 6) is 2.09. The molecule has 5 heteroatoms. The van der Waals surface area contributed by atoms with Gasteiger partial charge >= 0.3 is 0 Å². The summed E-state index contributed by atoms with van der Waals surface area (Å²) in [6.45, 7) is 0. The molecule has 3 heterocycles. The van der Waals surface area contributed by atoms with Gasteiger partial charge < -0.3 is 9.55 Å². The second-order valence-corrected chi connectivity index (χ2v) is 18.7. The molecular weight excluding hydrogens is 851 g/mol. The molecule has 0 amide bonds. The standard InChI is InChI=1S/C65H41N5/c1-3-15-40(16-4-1)63-67-64(69-65(68-63)43-31-32-50-48-23-10-9-21-46(48)47-22-11-12-24-49(47)56(50)38-43)41-29-27-39(28-30-41)55-37-42-17-7-8-20-45(42)59-51(55)33-34-52-53-35-36-58-60(62(53)66-61(52)59)54-25-13-14-26-57(54)70(58)44-18-5-2-6-19-44/h1-36,38,55,66H,37H2. The molecule has 0 fully saturated rings. The molecule has 0 bridgehead atoms. The summed E-state index contributed by atoms with van der Waals surface area (Å²) in [5.41, 5.74) is 15.3. The molecule has 1 atom stereocenters.